The van der Waals surface area contributed by atoms with E-state index in [0.29, 0.717) is 35.2 Å². The van der Waals surface area contributed by atoms with Gasteiger partial charge in [-0.1, -0.05) is 42.5 Å². The van der Waals surface area contributed by atoms with Crippen molar-refractivity contribution in [2.24, 2.45) is 0 Å². The van der Waals surface area contributed by atoms with Gasteiger partial charge >= 0.3 is 0 Å². The molecule has 144 valence electrons. The Morgan fingerprint density at radius 2 is 1.83 bits per heavy atom. The van der Waals surface area contributed by atoms with Crippen LogP contribution in [0.2, 0.25) is 0 Å². The number of fused-ring (bicyclic) bond motifs is 1. The molecule has 4 aromatic rings. The number of para-hydroxylation sites is 1. The Kier molecular flexibility index (Phi) is 5.16. The second kappa shape index (κ2) is 8.06. The summed E-state index contributed by atoms with van der Waals surface area (Å²) >= 11 is 0. The molecule has 0 atom stereocenters. The van der Waals surface area contributed by atoms with Crippen LogP contribution in [0, 0.1) is 0 Å². The number of hydrogen-bond donors (Lipinski definition) is 1. The van der Waals surface area contributed by atoms with Crippen LogP contribution in [-0.4, -0.2) is 27.8 Å². The lowest BCUT2D eigenvalue weighted by molar-refractivity contribution is 0.0980. The third-order valence-electron chi connectivity index (χ3n) is 4.77. The van der Waals surface area contributed by atoms with Gasteiger partial charge in [0.15, 0.2) is 5.78 Å². The second-order valence-electron chi connectivity index (χ2n) is 6.58. The van der Waals surface area contributed by atoms with Gasteiger partial charge in [0.05, 0.1) is 12.8 Å². The summed E-state index contributed by atoms with van der Waals surface area (Å²) < 4.78 is 5.35. The molecule has 0 saturated carbocycles. The van der Waals surface area contributed by atoms with Gasteiger partial charge in [0, 0.05) is 23.6 Å². The molecule has 0 amide bonds. The summed E-state index contributed by atoms with van der Waals surface area (Å²) in [5, 5.41) is 0.640. The zero-order valence-electron chi connectivity index (χ0n) is 16.0. The van der Waals surface area contributed by atoms with Gasteiger partial charge in [0.25, 0.3) is 0 Å². The molecule has 6 nitrogen and oxygen atoms in total. The number of nitrogens with zero attached hydrogens (tertiary/aromatic N) is 3. The van der Waals surface area contributed by atoms with Crippen LogP contribution in [0.25, 0.3) is 22.2 Å². The molecule has 0 unspecified atom stereocenters. The number of rotatable bonds is 6. The number of carbonyl (C=O) groups is 1. The number of nitrogen functional groups attached to an aromatic ring is 1. The third-order valence-corrected chi connectivity index (χ3v) is 4.77. The van der Waals surface area contributed by atoms with Crippen LogP contribution in [0.4, 0.5) is 5.95 Å². The lowest BCUT2D eigenvalue weighted by Gasteiger charge is -2.10. The van der Waals surface area contributed by atoms with Crippen LogP contribution in [0.5, 0.6) is 5.75 Å². The van der Waals surface area contributed by atoms with E-state index in [1.54, 1.807) is 19.4 Å². The van der Waals surface area contributed by atoms with Gasteiger partial charge in [-0.25, -0.2) is 9.97 Å². The van der Waals surface area contributed by atoms with E-state index in [1.165, 1.54) is 0 Å². The maximum Gasteiger partial charge on any atom is 0.221 e. The summed E-state index contributed by atoms with van der Waals surface area (Å²) in [7, 11) is 1.56. The minimum Gasteiger partial charge on any atom is -0.494 e. The highest BCUT2D eigenvalue weighted by Gasteiger charge is 2.17. The summed E-state index contributed by atoms with van der Waals surface area (Å²) in [6, 6.07) is 19.2. The number of benzene rings is 2. The molecule has 0 spiro atoms. The maximum absolute atomic E-state index is 13.0. The Balaban J connectivity index is 1.64. The summed E-state index contributed by atoms with van der Waals surface area (Å²) in [6.07, 6.45) is 2.63. The number of Topliss-reactive ketones (excluding diaryl/α,β-unsaturated/α-hetero) is 1. The summed E-state index contributed by atoms with van der Waals surface area (Å²) in [4.78, 5) is 25.9. The predicted molar refractivity (Wildman–Crippen MR) is 113 cm³/mol. The second-order valence-corrected chi connectivity index (χ2v) is 6.58. The average molecular weight is 384 g/mol. The van der Waals surface area contributed by atoms with Crippen molar-refractivity contribution < 1.29 is 9.53 Å². The third kappa shape index (κ3) is 3.78. The van der Waals surface area contributed by atoms with Gasteiger partial charge in [0.2, 0.25) is 5.95 Å². The van der Waals surface area contributed by atoms with E-state index in [0.717, 1.165) is 16.8 Å². The topological polar surface area (TPSA) is 91.0 Å². The van der Waals surface area contributed by atoms with Crippen molar-refractivity contribution in [2.45, 2.75) is 12.8 Å². The highest BCUT2D eigenvalue weighted by atomic mass is 16.5. The Bertz CT molecular complexity index is 1180. The number of anilines is 1. The van der Waals surface area contributed by atoms with Crippen LogP contribution < -0.4 is 10.5 Å². The first kappa shape index (κ1) is 18.6. The van der Waals surface area contributed by atoms with Crippen LogP contribution in [-0.2, 0) is 6.42 Å². The van der Waals surface area contributed by atoms with Crippen molar-refractivity contribution in [1.82, 2.24) is 15.0 Å². The van der Waals surface area contributed by atoms with E-state index in [4.69, 9.17) is 10.5 Å². The van der Waals surface area contributed by atoms with Crippen molar-refractivity contribution in [2.75, 3.05) is 12.8 Å². The fraction of sp³-hybridized carbons (Fsp3) is 0.130. The first-order valence-electron chi connectivity index (χ1n) is 9.30. The Morgan fingerprint density at radius 1 is 1.00 bits per heavy atom. The molecular weight excluding hydrogens is 364 g/mol. The molecule has 0 bridgehead atoms. The molecule has 2 aromatic heterocycles. The lowest BCUT2D eigenvalue weighted by atomic mass is 9.97. The fourth-order valence-corrected chi connectivity index (χ4v) is 3.40. The largest absolute Gasteiger partial charge is 0.494 e. The molecule has 2 heterocycles. The minimum absolute atomic E-state index is 0.0548. The van der Waals surface area contributed by atoms with Crippen molar-refractivity contribution in [3.05, 3.63) is 78.1 Å². The van der Waals surface area contributed by atoms with Crippen LogP contribution in [0.15, 0.2) is 66.9 Å². The number of nitrogens with two attached hydrogens (primary N) is 1. The molecule has 0 aliphatic rings. The number of carbonyl (C=O) groups excluding carboxylic acids is 1. The molecule has 2 N–H and O–H groups in total. The van der Waals surface area contributed by atoms with Gasteiger partial charge < -0.3 is 10.5 Å². The van der Waals surface area contributed by atoms with E-state index >= 15 is 0 Å². The Labute approximate surface area is 168 Å². The maximum atomic E-state index is 13.0. The first-order chi connectivity index (χ1) is 14.2. The molecule has 0 saturated heterocycles. The minimum atomic E-state index is -0.0897. The van der Waals surface area contributed by atoms with E-state index in [-0.39, 0.29) is 11.7 Å². The number of aryl methyl sites for hydroxylation is 1. The first-order valence-corrected chi connectivity index (χ1v) is 9.30. The number of methoxy groups -OCH3 is 1. The van der Waals surface area contributed by atoms with Crippen molar-refractivity contribution in [3.8, 4) is 17.0 Å². The van der Waals surface area contributed by atoms with Gasteiger partial charge in [-0.05, 0) is 30.2 Å². The predicted octanol–water partition coefficient (Wildman–Crippen LogP) is 4.10. The van der Waals surface area contributed by atoms with E-state index in [9.17, 15) is 4.79 Å². The molecule has 4 rings (SSSR count). The standard InChI is InChI=1S/C23H20N4O2/c1-29-20-11-6-9-17-21(26-23(24)27-22(17)20)19(28)13-12-15-7-2-3-8-16(15)18-10-4-5-14-25-18/h2-11,14H,12-13H2,1H3,(H2,24,26,27). The number of ether oxygens (including phenoxy) is 1. The van der Waals surface area contributed by atoms with E-state index in [2.05, 4.69) is 15.0 Å². The normalized spacial score (nSPS) is 10.8. The lowest BCUT2D eigenvalue weighted by Crippen LogP contribution is -2.09. The Morgan fingerprint density at radius 3 is 2.62 bits per heavy atom. The molecule has 2 aromatic carbocycles. The summed E-state index contributed by atoms with van der Waals surface area (Å²) in [5.74, 6) is 0.526. The molecule has 6 heteroatoms. The number of aromatic nitrogens is 3. The molecular formula is C23H20N4O2. The van der Waals surface area contributed by atoms with Gasteiger partial charge in [-0.3, -0.25) is 9.78 Å². The zero-order chi connectivity index (χ0) is 20.2. The number of ketones is 1. The van der Waals surface area contributed by atoms with Crippen LogP contribution in [0.3, 0.4) is 0 Å². The van der Waals surface area contributed by atoms with Crippen molar-refractivity contribution >= 4 is 22.6 Å². The molecule has 0 fully saturated rings. The Hall–Kier alpha value is -3.80. The smallest absolute Gasteiger partial charge is 0.221 e. The molecule has 0 radical (unpaired) electrons. The van der Waals surface area contributed by atoms with E-state index < -0.39 is 0 Å². The average Bonchev–Trinajstić information content (AvgIpc) is 2.77. The summed E-state index contributed by atoms with van der Waals surface area (Å²) in [6.45, 7) is 0. The number of hydrogen-bond acceptors (Lipinski definition) is 6. The van der Waals surface area contributed by atoms with Crippen molar-refractivity contribution in [3.63, 3.8) is 0 Å². The van der Waals surface area contributed by atoms with Crippen molar-refractivity contribution in [1.29, 1.82) is 0 Å². The zero-order valence-corrected chi connectivity index (χ0v) is 16.0. The molecule has 0 aliphatic heterocycles. The van der Waals surface area contributed by atoms with Gasteiger partial charge in [0.1, 0.15) is 17.0 Å². The fourth-order valence-electron chi connectivity index (χ4n) is 3.40. The summed E-state index contributed by atoms with van der Waals surface area (Å²) in [5.41, 5.74) is 9.69. The number of pyridine rings is 1. The van der Waals surface area contributed by atoms with Gasteiger partial charge in [-0.15, -0.1) is 0 Å². The molecule has 0 aliphatic carbocycles. The van der Waals surface area contributed by atoms with Crippen LogP contribution >= 0.6 is 0 Å². The van der Waals surface area contributed by atoms with Crippen LogP contribution in [0.1, 0.15) is 22.5 Å². The SMILES string of the molecule is COc1cccc2c(C(=O)CCc3ccccc3-c3ccccn3)nc(N)nc12. The monoisotopic (exact) mass is 384 g/mol. The quantitative estimate of drug-likeness (QED) is 0.503. The highest BCUT2D eigenvalue weighted by molar-refractivity contribution is 6.07. The highest BCUT2D eigenvalue weighted by Crippen LogP contribution is 2.28. The molecule has 29 heavy (non-hydrogen) atoms. The van der Waals surface area contributed by atoms with E-state index in [1.807, 2.05) is 54.6 Å². The van der Waals surface area contributed by atoms with Gasteiger partial charge in [-0.2, -0.15) is 0 Å².